The minimum absolute atomic E-state index is 0.227. The molecule has 8 heteroatoms. The lowest BCUT2D eigenvalue weighted by Crippen LogP contribution is -2.09. The van der Waals surface area contributed by atoms with Crippen LogP contribution in [0.5, 0.6) is 0 Å². The molecule has 1 aromatic carbocycles. The molecule has 0 unspecified atom stereocenters. The number of hydrogen-bond acceptors (Lipinski definition) is 4. The van der Waals surface area contributed by atoms with Crippen LogP contribution in [0.15, 0.2) is 36.5 Å². The number of halogens is 3. The SMILES string of the molecule is N#Cc1ccc2c(c1)c(N)nn2Cc1ccc(C(F)(F)F)nc1. The molecule has 116 valence electrons. The van der Waals surface area contributed by atoms with Gasteiger partial charge in [-0.05, 0) is 29.8 Å². The Morgan fingerprint density at radius 1 is 1.22 bits per heavy atom. The molecule has 0 aliphatic rings. The average molecular weight is 317 g/mol. The van der Waals surface area contributed by atoms with Gasteiger partial charge in [0, 0.05) is 11.6 Å². The summed E-state index contributed by atoms with van der Waals surface area (Å²) in [6, 6.07) is 9.25. The first-order chi connectivity index (χ1) is 10.9. The van der Waals surface area contributed by atoms with E-state index in [9.17, 15) is 13.2 Å². The number of hydrogen-bond donors (Lipinski definition) is 1. The van der Waals surface area contributed by atoms with Gasteiger partial charge < -0.3 is 5.73 Å². The highest BCUT2D eigenvalue weighted by Gasteiger charge is 2.32. The molecule has 0 fully saturated rings. The summed E-state index contributed by atoms with van der Waals surface area (Å²) in [5.74, 6) is 0.261. The first kappa shape index (κ1) is 14.8. The zero-order valence-electron chi connectivity index (χ0n) is 11.7. The number of anilines is 1. The van der Waals surface area contributed by atoms with Gasteiger partial charge in [0.15, 0.2) is 5.82 Å². The highest BCUT2D eigenvalue weighted by atomic mass is 19.4. The zero-order valence-corrected chi connectivity index (χ0v) is 11.7. The Morgan fingerprint density at radius 2 is 2.00 bits per heavy atom. The molecule has 0 amide bonds. The van der Waals surface area contributed by atoms with Gasteiger partial charge in [0.2, 0.25) is 0 Å². The molecule has 3 rings (SSSR count). The summed E-state index contributed by atoms with van der Waals surface area (Å²) >= 11 is 0. The number of pyridine rings is 1. The van der Waals surface area contributed by atoms with Crippen molar-refractivity contribution in [2.45, 2.75) is 12.7 Å². The first-order valence-electron chi connectivity index (χ1n) is 6.57. The number of aromatic nitrogens is 3. The van der Waals surface area contributed by atoms with Crippen LogP contribution in [0.2, 0.25) is 0 Å². The molecule has 0 saturated heterocycles. The molecule has 0 bridgehead atoms. The molecular weight excluding hydrogens is 307 g/mol. The lowest BCUT2D eigenvalue weighted by atomic mass is 10.1. The minimum atomic E-state index is -4.46. The highest BCUT2D eigenvalue weighted by Crippen LogP contribution is 2.27. The van der Waals surface area contributed by atoms with E-state index in [2.05, 4.69) is 10.1 Å². The second-order valence-electron chi connectivity index (χ2n) is 4.94. The van der Waals surface area contributed by atoms with Crippen LogP contribution < -0.4 is 5.73 Å². The van der Waals surface area contributed by atoms with Gasteiger partial charge >= 0.3 is 6.18 Å². The minimum Gasteiger partial charge on any atom is -0.382 e. The van der Waals surface area contributed by atoms with Crippen LogP contribution in [0.25, 0.3) is 10.9 Å². The average Bonchev–Trinajstić information content (AvgIpc) is 2.82. The Balaban J connectivity index is 1.94. The number of benzene rings is 1. The maximum Gasteiger partial charge on any atom is 0.433 e. The van der Waals surface area contributed by atoms with Crippen molar-refractivity contribution < 1.29 is 13.2 Å². The number of alkyl halides is 3. The lowest BCUT2D eigenvalue weighted by molar-refractivity contribution is -0.141. The molecular formula is C15H10F3N5. The highest BCUT2D eigenvalue weighted by molar-refractivity contribution is 5.90. The van der Waals surface area contributed by atoms with Crippen molar-refractivity contribution in [2.24, 2.45) is 0 Å². The molecule has 2 aromatic heterocycles. The monoisotopic (exact) mass is 317 g/mol. The van der Waals surface area contributed by atoms with Crippen molar-refractivity contribution in [3.05, 3.63) is 53.3 Å². The molecule has 5 nitrogen and oxygen atoms in total. The Labute approximate surface area is 128 Å². The second-order valence-corrected chi connectivity index (χ2v) is 4.94. The summed E-state index contributed by atoms with van der Waals surface area (Å²) in [6.07, 6.45) is -3.30. The largest absolute Gasteiger partial charge is 0.433 e. The van der Waals surface area contributed by atoms with E-state index in [4.69, 9.17) is 11.0 Å². The molecule has 0 spiro atoms. The van der Waals surface area contributed by atoms with Crippen molar-refractivity contribution in [1.82, 2.24) is 14.8 Å². The number of nitrogens with two attached hydrogens (primary N) is 1. The predicted octanol–water partition coefficient (Wildman–Crippen LogP) is 2.95. The molecule has 0 aliphatic heterocycles. The van der Waals surface area contributed by atoms with Gasteiger partial charge in [-0.3, -0.25) is 9.67 Å². The Morgan fingerprint density at radius 3 is 2.61 bits per heavy atom. The number of nitriles is 1. The second kappa shape index (κ2) is 5.28. The maximum absolute atomic E-state index is 12.5. The third-order valence-corrected chi connectivity index (χ3v) is 3.36. The maximum atomic E-state index is 12.5. The van der Waals surface area contributed by atoms with E-state index in [1.54, 1.807) is 22.9 Å². The fourth-order valence-electron chi connectivity index (χ4n) is 2.25. The van der Waals surface area contributed by atoms with Gasteiger partial charge in [-0.15, -0.1) is 0 Å². The van der Waals surface area contributed by atoms with Crippen LogP contribution in [0.1, 0.15) is 16.8 Å². The zero-order chi connectivity index (χ0) is 16.6. The van der Waals surface area contributed by atoms with E-state index in [0.29, 0.717) is 22.0 Å². The van der Waals surface area contributed by atoms with Crippen molar-refractivity contribution in [3.63, 3.8) is 0 Å². The van der Waals surface area contributed by atoms with E-state index in [0.717, 1.165) is 12.3 Å². The van der Waals surface area contributed by atoms with Crippen LogP contribution in [-0.4, -0.2) is 14.8 Å². The summed E-state index contributed by atoms with van der Waals surface area (Å²) in [5.41, 5.74) is 6.61. The van der Waals surface area contributed by atoms with Crippen LogP contribution in [0.4, 0.5) is 19.0 Å². The topological polar surface area (TPSA) is 80.5 Å². The third kappa shape index (κ3) is 2.81. The standard InChI is InChI=1S/C15H10F3N5/c16-15(17,18)13-4-2-10(7-21-13)8-23-12-3-1-9(6-19)5-11(12)14(20)22-23/h1-5,7H,8H2,(H2,20,22). The van der Waals surface area contributed by atoms with Gasteiger partial charge in [-0.1, -0.05) is 6.07 Å². The van der Waals surface area contributed by atoms with Crippen LogP contribution >= 0.6 is 0 Å². The summed E-state index contributed by atoms with van der Waals surface area (Å²) < 4.78 is 39.1. The summed E-state index contributed by atoms with van der Waals surface area (Å²) in [7, 11) is 0. The fourth-order valence-corrected chi connectivity index (χ4v) is 2.25. The summed E-state index contributed by atoms with van der Waals surface area (Å²) in [6.45, 7) is 0.227. The van der Waals surface area contributed by atoms with Crippen molar-refractivity contribution in [1.29, 1.82) is 5.26 Å². The van der Waals surface area contributed by atoms with E-state index >= 15 is 0 Å². The first-order valence-corrected chi connectivity index (χ1v) is 6.57. The predicted molar refractivity (Wildman–Crippen MR) is 77.2 cm³/mol. The van der Waals surface area contributed by atoms with E-state index in [-0.39, 0.29) is 12.4 Å². The normalized spacial score (nSPS) is 11.6. The van der Waals surface area contributed by atoms with Gasteiger partial charge in [0.25, 0.3) is 0 Å². The van der Waals surface area contributed by atoms with Gasteiger partial charge in [0.05, 0.1) is 23.7 Å². The quantitative estimate of drug-likeness (QED) is 0.788. The van der Waals surface area contributed by atoms with Gasteiger partial charge in [0.1, 0.15) is 5.69 Å². The molecule has 2 heterocycles. The third-order valence-electron chi connectivity index (χ3n) is 3.36. The molecule has 3 aromatic rings. The fraction of sp³-hybridized carbons (Fsp3) is 0.133. The van der Waals surface area contributed by atoms with Crippen LogP contribution in [-0.2, 0) is 12.7 Å². The number of nitrogen functional groups attached to an aromatic ring is 1. The summed E-state index contributed by atoms with van der Waals surface area (Å²) in [5, 5.41) is 13.7. The molecule has 0 radical (unpaired) electrons. The van der Waals surface area contributed by atoms with E-state index < -0.39 is 11.9 Å². The number of rotatable bonds is 2. The Kier molecular flexibility index (Phi) is 3.41. The summed E-state index contributed by atoms with van der Waals surface area (Å²) in [4.78, 5) is 3.42. The van der Waals surface area contributed by atoms with Crippen molar-refractivity contribution >= 4 is 16.7 Å². The molecule has 2 N–H and O–H groups in total. The van der Waals surface area contributed by atoms with Crippen molar-refractivity contribution in [3.8, 4) is 6.07 Å². The molecule has 0 saturated carbocycles. The lowest BCUT2D eigenvalue weighted by Gasteiger charge is -2.07. The smallest absolute Gasteiger partial charge is 0.382 e. The number of fused-ring (bicyclic) bond motifs is 1. The van der Waals surface area contributed by atoms with Crippen LogP contribution in [0, 0.1) is 11.3 Å². The van der Waals surface area contributed by atoms with E-state index in [1.807, 2.05) is 6.07 Å². The van der Waals surface area contributed by atoms with E-state index in [1.165, 1.54) is 6.07 Å². The van der Waals surface area contributed by atoms with Gasteiger partial charge in [-0.2, -0.15) is 23.5 Å². The van der Waals surface area contributed by atoms with Crippen LogP contribution in [0.3, 0.4) is 0 Å². The molecule has 23 heavy (non-hydrogen) atoms. The van der Waals surface area contributed by atoms with Gasteiger partial charge in [-0.25, -0.2) is 0 Å². The Bertz CT molecular complexity index is 904. The molecule has 0 aliphatic carbocycles. The Hall–Kier alpha value is -3.08. The van der Waals surface area contributed by atoms with Crippen molar-refractivity contribution in [2.75, 3.05) is 5.73 Å². The number of nitrogens with zero attached hydrogens (tertiary/aromatic N) is 4. The molecule has 0 atom stereocenters.